The normalized spacial score (nSPS) is 13.8. The molecule has 0 bridgehead atoms. The van der Waals surface area contributed by atoms with Gasteiger partial charge in [0, 0.05) is 9.79 Å². The molecule has 0 unspecified atom stereocenters. The van der Waals surface area contributed by atoms with Crippen LogP contribution in [0.2, 0.25) is 0 Å². The molecule has 0 N–H and O–H groups in total. The third-order valence-corrected chi connectivity index (χ3v) is 4.28. The maximum atomic E-state index is 2.42. The predicted octanol–water partition coefficient (Wildman–Crippen LogP) is 5.52. The van der Waals surface area contributed by atoms with E-state index in [1.54, 1.807) is 21.6 Å². The summed E-state index contributed by atoms with van der Waals surface area (Å²) in [5.41, 5.74) is 4.82. The lowest BCUT2D eigenvalue weighted by Gasteiger charge is -2.21. The van der Waals surface area contributed by atoms with E-state index >= 15 is 0 Å². The average Bonchev–Trinajstić information content (AvgIpc) is 2.91. The third-order valence-electron chi connectivity index (χ3n) is 3.30. The van der Waals surface area contributed by atoms with Crippen LogP contribution in [0.3, 0.4) is 0 Å². The van der Waals surface area contributed by atoms with Gasteiger partial charge in [0.2, 0.25) is 0 Å². The first kappa shape index (κ1) is 12.0. The maximum Gasteiger partial charge on any atom is 0.0300 e. The second-order valence-electron chi connectivity index (χ2n) is 5.69. The summed E-state index contributed by atoms with van der Waals surface area (Å²) in [5, 5.41) is 0. The van der Waals surface area contributed by atoms with Crippen LogP contribution in [0, 0.1) is 0 Å². The van der Waals surface area contributed by atoms with Crippen LogP contribution in [-0.4, -0.2) is 0 Å². The average molecular weight is 234 g/mol. The summed E-state index contributed by atoms with van der Waals surface area (Å²) in [4.78, 5) is 3.10. The molecular formula is C15H22S. The molecule has 1 aliphatic heterocycles. The van der Waals surface area contributed by atoms with Crippen molar-refractivity contribution in [2.45, 2.75) is 69.1 Å². The summed E-state index contributed by atoms with van der Waals surface area (Å²) < 4.78 is 0. The molecule has 0 fully saturated rings. The number of benzene rings is 1. The van der Waals surface area contributed by atoms with Gasteiger partial charge in [-0.25, -0.2) is 0 Å². The molecule has 0 atom stereocenters. The fraction of sp³-hybridized carbons (Fsp3) is 0.600. The van der Waals surface area contributed by atoms with E-state index in [-0.39, 0.29) is 0 Å². The van der Waals surface area contributed by atoms with Crippen molar-refractivity contribution in [1.82, 2.24) is 0 Å². The minimum Gasteiger partial charge on any atom is -0.0874 e. The zero-order valence-electron chi connectivity index (χ0n) is 11.2. The van der Waals surface area contributed by atoms with Crippen molar-refractivity contribution >= 4 is 11.8 Å². The molecule has 0 saturated carbocycles. The first-order chi connectivity index (χ1) is 7.43. The summed E-state index contributed by atoms with van der Waals surface area (Å²) in [6, 6.07) is 2.42. The Morgan fingerprint density at radius 1 is 0.812 bits per heavy atom. The molecule has 1 heteroatoms. The minimum absolute atomic E-state index is 0.640. The summed E-state index contributed by atoms with van der Waals surface area (Å²) in [5.74, 6) is 1.93. The van der Waals surface area contributed by atoms with Crippen molar-refractivity contribution in [3.63, 3.8) is 0 Å². The van der Waals surface area contributed by atoms with Gasteiger partial charge in [-0.05, 0) is 40.5 Å². The van der Waals surface area contributed by atoms with Crippen LogP contribution in [0.25, 0.3) is 0 Å². The van der Waals surface area contributed by atoms with Crippen molar-refractivity contribution in [3.05, 3.63) is 22.8 Å². The fourth-order valence-corrected chi connectivity index (χ4v) is 3.54. The second-order valence-corrected chi connectivity index (χ2v) is 6.74. The molecule has 0 amide bonds. The summed E-state index contributed by atoms with van der Waals surface area (Å²) in [7, 11) is 0. The molecule has 0 aliphatic carbocycles. The molecule has 1 aliphatic rings. The van der Waals surface area contributed by atoms with E-state index in [9.17, 15) is 0 Å². The quantitative estimate of drug-likeness (QED) is 0.630. The molecule has 0 spiro atoms. The smallest absolute Gasteiger partial charge is 0.0300 e. The van der Waals surface area contributed by atoms with Crippen LogP contribution < -0.4 is 0 Å². The van der Waals surface area contributed by atoms with Gasteiger partial charge in [0.1, 0.15) is 0 Å². The van der Waals surface area contributed by atoms with Crippen LogP contribution in [0.4, 0.5) is 0 Å². The van der Waals surface area contributed by atoms with E-state index in [2.05, 4.69) is 47.6 Å². The molecule has 0 radical (unpaired) electrons. The Morgan fingerprint density at radius 2 is 1.38 bits per heavy atom. The fourth-order valence-electron chi connectivity index (χ4n) is 2.56. The van der Waals surface area contributed by atoms with Gasteiger partial charge in [-0.3, -0.25) is 0 Å². The molecule has 1 heterocycles. The topological polar surface area (TPSA) is 0 Å². The molecule has 16 heavy (non-hydrogen) atoms. The van der Waals surface area contributed by atoms with Gasteiger partial charge >= 0.3 is 0 Å². The van der Waals surface area contributed by atoms with Gasteiger partial charge in [0.05, 0.1) is 0 Å². The Morgan fingerprint density at radius 3 is 1.81 bits per heavy atom. The zero-order chi connectivity index (χ0) is 12.0. The largest absolute Gasteiger partial charge is 0.0874 e. The van der Waals surface area contributed by atoms with Gasteiger partial charge in [-0.1, -0.05) is 53.3 Å². The Hall–Kier alpha value is -0.430. The van der Waals surface area contributed by atoms with E-state index in [1.807, 2.05) is 11.8 Å². The Bertz CT molecular complexity index is 414. The molecule has 0 nitrogen and oxygen atoms in total. The highest BCUT2D eigenvalue weighted by atomic mass is 32.2. The summed E-state index contributed by atoms with van der Waals surface area (Å²) in [6.45, 7) is 13.9. The van der Waals surface area contributed by atoms with E-state index in [1.165, 1.54) is 4.90 Å². The van der Waals surface area contributed by atoms with Crippen molar-refractivity contribution in [3.8, 4) is 0 Å². The first-order valence-electron chi connectivity index (χ1n) is 6.32. The lowest BCUT2D eigenvalue weighted by atomic mass is 9.83. The monoisotopic (exact) mass is 234 g/mol. The third kappa shape index (κ3) is 1.90. The highest BCUT2D eigenvalue weighted by molar-refractivity contribution is 8.05. The zero-order valence-corrected chi connectivity index (χ0v) is 12.0. The van der Waals surface area contributed by atoms with Crippen LogP contribution in [0.5, 0.6) is 0 Å². The first-order valence-corrected chi connectivity index (χ1v) is 7.13. The van der Waals surface area contributed by atoms with Gasteiger partial charge in [-0.2, -0.15) is 0 Å². The number of hydrogen-bond donors (Lipinski definition) is 0. The van der Waals surface area contributed by atoms with E-state index < -0.39 is 0 Å². The van der Waals surface area contributed by atoms with Crippen molar-refractivity contribution in [2.24, 2.45) is 0 Å². The molecule has 2 rings (SSSR count). The van der Waals surface area contributed by atoms with Crippen LogP contribution in [0.15, 0.2) is 15.9 Å². The highest BCUT2D eigenvalue weighted by Crippen LogP contribution is 2.56. The molecule has 88 valence electrons. The minimum atomic E-state index is 0.640. The maximum absolute atomic E-state index is 2.42. The highest BCUT2D eigenvalue weighted by Gasteiger charge is 2.30. The van der Waals surface area contributed by atoms with Gasteiger partial charge < -0.3 is 0 Å². The second kappa shape index (κ2) is 4.10. The Balaban J connectivity index is 2.64. The lowest BCUT2D eigenvalue weighted by molar-refractivity contribution is 0.732. The van der Waals surface area contributed by atoms with Crippen molar-refractivity contribution in [1.29, 1.82) is 0 Å². The SMILES string of the molecule is CC(C)c1cc2c(c(C(C)C)c1C(C)C)S2. The van der Waals surface area contributed by atoms with Gasteiger partial charge in [0.15, 0.2) is 0 Å². The van der Waals surface area contributed by atoms with Crippen LogP contribution in [0.1, 0.15) is 76.0 Å². The van der Waals surface area contributed by atoms with Gasteiger partial charge in [0.25, 0.3) is 0 Å². The number of rotatable bonds is 3. The predicted molar refractivity (Wildman–Crippen MR) is 72.8 cm³/mol. The van der Waals surface area contributed by atoms with Crippen LogP contribution in [-0.2, 0) is 0 Å². The van der Waals surface area contributed by atoms with Crippen LogP contribution >= 0.6 is 11.8 Å². The van der Waals surface area contributed by atoms with E-state index in [0.29, 0.717) is 17.8 Å². The van der Waals surface area contributed by atoms with Gasteiger partial charge in [-0.15, -0.1) is 0 Å². The molecule has 0 saturated heterocycles. The van der Waals surface area contributed by atoms with Crippen molar-refractivity contribution < 1.29 is 0 Å². The number of hydrogen-bond acceptors (Lipinski definition) is 1. The van der Waals surface area contributed by atoms with Crippen molar-refractivity contribution in [2.75, 3.05) is 0 Å². The van der Waals surface area contributed by atoms with E-state index in [0.717, 1.165) is 0 Å². The molecule has 1 aromatic carbocycles. The summed E-state index contributed by atoms with van der Waals surface area (Å²) >= 11 is 1.98. The standard InChI is InChI=1S/C15H22S/c1-8(2)11-7-12-15(16-12)14(10(5)6)13(11)9(3)4/h7-10H,1-6H3. The molecular weight excluding hydrogens is 212 g/mol. The van der Waals surface area contributed by atoms with E-state index in [4.69, 9.17) is 0 Å². The number of fused-ring (bicyclic) bond motifs is 1. The Kier molecular flexibility index (Phi) is 3.09. The molecule has 1 aromatic rings. The molecule has 0 aromatic heterocycles. The lowest BCUT2D eigenvalue weighted by Crippen LogP contribution is -2.04. The summed E-state index contributed by atoms with van der Waals surface area (Å²) in [6.07, 6.45) is 0. The Labute approximate surface area is 104 Å².